The van der Waals surface area contributed by atoms with Crippen LogP contribution in [0.15, 0.2) is 56.9 Å². The van der Waals surface area contributed by atoms with Gasteiger partial charge in [0.15, 0.2) is 4.91 Å². The van der Waals surface area contributed by atoms with Crippen molar-refractivity contribution in [3.8, 4) is 5.75 Å². The highest BCUT2D eigenvalue weighted by Gasteiger charge is 2.36. The van der Waals surface area contributed by atoms with Crippen LogP contribution in [0.4, 0.5) is 11.4 Å². The van der Waals surface area contributed by atoms with Crippen molar-refractivity contribution in [2.24, 2.45) is 0 Å². The van der Waals surface area contributed by atoms with Crippen LogP contribution in [0.5, 0.6) is 5.75 Å². The summed E-state index contributed by atoms with van der Waals surface area (Å²) in [5, 5.41) is 0.350. The molecule has 1 heterocycles. The van der Waals surface area contributed by atoms with Crippen molar-refractivity contribution in [3.05, 3.63) is 57.0 Å². The fourth-order valence-corrected chi connectivity index (χ4v) is 4.63. The summed E-state index contributed by atoms with van der Waals surface area (Å²) in [7, 11) is -1.38. The summed E-state index contributed by atoms with van der Waals surface area (Å²) >= 11 is 9.54. The molecular formula is C17H13BrClNO5S. The number of esters is 1. The van der Waals surface area contributed by atoms with E-state index in [9.17, 15) is 13.2 Å². The van der Waals surface area contributed by atoms with Gasteiger partial charge in [0.25, 0.3) is 0 Å². The quantitative estimate of drug-likeness (QED) is 0.646. The minimum absolute atomic E-state index is 0.00413. The smallest absolute Gasteiger partial charge is 0.351 e. The Balaban J connectivity index is 2.27. The molecule has 0 bridgehead atoms. The second-order valence-corrected chi connectivity index (χ2v) is 8.50. The van der Waals surface area contributed by atoms with Gasteiger partial charge in [0.1, 0.15) is 5.75 Å². The lowest BCUT2D eigenvalue weighted by molar-refractivity contribution is -0.135. The van der Waals surface area contributed by atoms with Crippen LogP contribution in [0.25, 0.3) is 0 Å². The fourth-order valence-electron chi connectivity index (χ4n) is 2.56. The molecule has 0 saturated heterocycles. The molecule has 9 heteroatoms. The van der Waals surface area contributed by atoms with Gasteiger partial charge < -0.3 is 14.4 Å². The van der Waals surface area contributed by atoms with E-state index in [2.05, 4.69) is 20.7 Å². The molecule has 0 aromatic heterocycles. The summed E-state index contributed by atoms with van der Waals surface area (Å²) in [4.78, 5) is 13.2. The van der Waals surface area contributed by atoms with Crippen LogP contribution in [-0.2, 0) is 19.4 Å². The van der Waals surface area contributed by atoms with E-state index in [4.69, 9.17) is 16.3 Å². The van der Waals surface area contributed by atoms with Gasteiger partial charge in [-0.1, -0.05) is 27.5 Å². The van der Waals surface area contributed by atoms with Gasteiger partial charge in [0.05, 0.1) is 29.8 Å². The van der Waals surface area contributed by atoms with Crippen LogP contribution in [0.3, 0.4) is 0 Å². The Morgan fingerprint density at radius 1 is 1.15 bits per heavy atom. The van der Waals surface area contributed by atoms with E-state index in [1.165, 1.54) is 19.4 Å². The molecule has 0 atom stereocenters. The summed E-state index contributed by atoms with van der Waals surface area (Å²) < 4.78 is 36.1. The number of nitrogens with zero attached hydrogens (tertiary/aromatic N) is 1. The van der Waals surface area contributed by atoms with Gasteiger partial charge in [-0.05, 0) is 36.4 Å². The van der Waals surface area contributed by atoms with Crippen molar-refractivity contribution in [2.45, 2.75) is 4.90 Å². The maximum Gasteiger partial charge on any atom is 0.351 e. The Kier molecular flexibility index (Phi) is 5.01. The molecular weight excluding hydrogens is 446 g/mol. The maximum atomic E-state index is 12.8. The van der Waals surface area contributed by atoms with Gasteiger partial charge in [-0.2, -0.15) is 0 Å². The second-order valence-electron chi connectivity index (χ2n) is 5.29. The number of hydrogen-bond acceptors (Lipinski definition) is 6. The summed E-state index contributed by atoms with van der Waals surface area (Å²) in [6.07, 6.45) is 1.23. The fraction of sp³-hybridized carbons (Fsp3) is 0.118. The lowest BCUT2D eigenvalue weighted by Gasteiger charge is -2.29. The topological polar surface area (TPSA) is 72.9 Å². The third-order valence-electron chi connectivity index (χ3n) is 3.81. The molecule has 3 rings (SSSR count). The number of carbonyl (C=O) groups is 1. The van der Waals surface area contributed by atoms with Crippen LogP contribution in [0.2, 0.25) is 5.02 Å². The number of sulfone groups is 1. The van der Waals surface area contributed by atoms with Crippen molar-refractivity contribution in [1.29, 1.82) is 0 Å². The van der Waals surface area contributed by atoms with Crippen molar-refractivity contribution in [1.82, 2.24) is 0 Å². The summed E-state index contributed by atoms with van der Waals surface area (Å²) in [5.74, 6) is -0.463. The first-order chi connectivity index (χ1) is 12.3. The van der Waals surface area contributed by atoms with Crippen molar-refractivity contribution >= 4 is 54.7 Å². The van der Waals surface area contributed by atoms with Crippen molar-refractivity contribution < 1.29 is 22.7 Å². The molecule has 6 nitrogen and oxygen atoms in total. The molecule has 0 saturated carbocycles. The van der Waals surface area contributed by atoms with E-state index in [1.807, 2.05) is 0 Å². The average Bonchev–Trinajstić information content (AvgIpc) is 2.61. The zero-order chi connectivity index (χ0) is 19.1. The normalized spacial score (nSPS) is 15.1. The SMILES string of the molecule is COC(=O)C1=CN(c2ccc(OC)c(Cl)c2)c2cc(Br)ccc2S1(=O)=O. The highest BCUT2D eigenvalue weighted by molar-refractivity contribution is 9.10. The number of fused-ring (bicyclic) bond motifs is 1. The predicted molar refractivity (Wildman–Crippen MR) is 102 cm³/mol. The Morgan fingerprint density at radius 3 is 2.50 bits per heavy atom. The van der Waals surface area contributed by atoms with Gasteiger partial charge in [-0.3, -0.25) is 0 Å². The largest absolute Gasteiger partial charge is 0.495 e. The van der Waals surface area contributed by atoms with Crippen LogP contribution in [0, 0.1) is 0 Å². The summed E-state index contributed by atoms with van der Waals surface area (Å²) in [6, 6.07) is 9.66. The summed E-state index contributed by atoms with van der Waals surface area (Å²) in [6.45, 7) is 0. The number of halogens is 2. The predicted octanol–water partition coefficient (Wildman–Crippen LogP) is 4.05. The van der Waals surface area contributed by atoms with Gasteiger partial charge >= 0.3 is 5.97 Å². The number of ether oxygens (including phenoxy) is 2. The van der Waals surface area contributed by atoms with E-state index in [-0.39, 0.29) is 4.90 Å². The van der Waals surface area contributed by atoms with E-state index >= 15 is 0 Å². The molecule has 0 N–H and O–H groups in total. The Morgan fingerprint density at radius 2 is 1.88 bits per heavy atom. The van der Waals surface area contributed by atoms with Crippen LogP contribution >= 0.6 is 27.5 Å². The van der Waals surface area contributed by atoms with Gasteiger partial charge in [-0.15, -0.1) is 0 Å². The molecule has 0 fully saturated rings. The first-order valence-electron chi connectivity index (χ1n) is 7.27. The molecule has 26 heavy (non-hydrogen) atoms. The minimum atomic E-state index is -4.01. The van der Waals surface area contributed by atoms with E-state index in [0.717, 1.165) is 7.11 Å². The zero-order valence-corrected chi connectivity index (χ0v) is 16.9. The van der Waals surface area contributed by atoms with E-state index in [0.29, 0.717) is 26.6 Å². The van der Waals surface area contributed by atoms with Crippen LogP contribution in [-0.4, -0.2) is 28.6 Å². The van der Waals surface area contributed by atoms with Crippen LogP contribution < -0.4 is 9.64 Å². The number of hydrogen-bond donors (Lipinski definition) is 0. The standard InChI is InChI=1S/C17H13BrClNO5S/c1-24-14-5-4-11(8-12(14)19)20-9-16(17(21)25-2)26(22,23)15-6-3-10(18)7-13(15)20/h3-9H,1-2H3. The number of methoxy groups -OCH3 is 2. The Bertz CT molecular complexity index is 1040. The average molecular weight is 459 g/mol. The highest BCUT2D eigenvalue weighted by Crippen LogP contribution is 2.42. The number of rotatable bonds is 3. The monoisotopic (exact) mass is 457 g/mol. The molecule has 1 aliphatic rings. The Labute approximate surface area is 164 Å². The Hall–Kier alpha value is -2.03. The third kappa shape index (κ3) is 3.08. The molecule has 0 amide bonds. The second kappa shape index (κ2) is 6.94. The molecule has 0 radical (unpaired) electrons. The lowest BCUT2D eigenvalue weighted by atomic mass is 10.2. The number of carbonyl (C=O) groups excluding carboxylic acids is 1. The molecule has 136 valence electrons. The van der Waals surface area contributed by atoms with Gasteiger partial charge in [0, 0.05) is 16.4 Å². The molecule has 0 aliphatic carbocycles. The first kappa shape index (κ1) is 18.8. The zero-order valence-electron chi connectivity index (χ0n) is 13.7. The number of benzene rings is 2. The summed E-state index contributed by atoms with van der Waals surface area (Å²) in [5.41, 5.74) is 0.944. The first-order valence-corrected chi connectivity index (χ1v) is 9.92. The highest BCUT2D eigenvalue weighted by atomic mass is 79.9. The van der Waals surface area contributed by atoms with Crippen molar-refractivity contribution in [3.63, 3.8) is 0 Å². The van der Waals surface area contributed by atoms with E-state index in [1.54, 1.807) is 35.2 Å². The molecule has 1 aliphatic heterocycles. The van der Waals surface area contributed by atoms with E-state index < -0.39 is 20.7 Å². The molecule has 0 unspecified atom stereocenters. The molecule has 2 aromatic rings. The van der Waals surface area contributed by atoms with Gasteiger partial charge in [-0.25, -0.2) is 13.2 Å². The van der Waals surface area contributed by atoms with Crippen LogP contribution in [0.1, 0.15) is 0 Å². The molecule has 2 aromatic carbocycles. The maximum absolute atomic E-state index is 12.8. The third-order valence-corrected chi connectivity index (χ3v) is 6.37. The minimum Gasteiger partial charge on any atom is -0.495 e. The number of anilines is 2. The van der Waals surface area contributed by atoms with Crippen molar-refractivity contribution in [2.75, 3.05) is 19.1 Å². The molecule has 0 spiro atoms. The van der Waals surface area contributed by atoms with Gasteiger partial charge in [0.2, 0.25) is 9.84 Å². The lowest BCUT2D eigenvalue weighted by Crippen LogP contribution is -2.26.